The number of nitrogens with one attached hydrogen (secondary N) is 2. The zero-order valence-corrected chi connectivity index (χ0v) is 21.1. The maximum Gasteiger partial charge on any atom is 0.273 e. The first kappa shape index (κ1) is 24.6. The Labute approximate surface area is 217 Å². The maximum absolute atomic E-state index is 13.6. The number of nitrogens with zero attached hydrogens (tertiary/aromatic N) is 1. The van der Waals surface area contributed by atoms with Crippen molar-refractivity contribution in [1.29, 1.82) is 0 Å². The van der Waals surface area contributed by atoms with Crippen LogP contribution in [0.15, 0.2) is 99.7 Å². The van der Waals surface area contributed by atoms with Gasteiger partial charge in [0.05, 0.1) is 10.6 Å². The van der Waals surface area contributed by atoms with Gasteiger partial charge in [-0.25, -0.2) is 18.2 Å². The molecule has 0 saturated carbocycles. The summed E-state index contributed by atoms with van der Waals surface area (Å²) < 4.78 is 24.7. The van der Waals surface area contributed by atoms with E-state index in [1.807, 2.05) is 54.6 Å². The van der Waals surface area contributed by atoms with Crippen molar-refractivity contribution in [2.24, 2.45) is 10.9 Å². The quantitative estimate of drug-likeness (QED) is 0.287. The monoisotopic (exact) mass is 533 g/mol. The first-order valence-corrected chi connectivity index (χ1v) is 13.7. The third kappa shape index (κ3) is 5.10. The van der Waals surface area contributed by atoms with Gasteiger partial charge in [0, 0.05) is 23.0 Å². The maximum atomic E-state index is 13.6. The van der Waals surface area contributed by atoms with E-state index in [1.165, 1.54) is 28.6 Å². The number of primary amides is 1. The fourth-order valence-corrected chi connectivity index (χ4v) is 5.56. The molecular formula is C26H23N5O4S2. The lowest BCUT2D eigenvalue weighted by Gasteiger charge is -2.12. The summed E-state index contributed by atoms with van der Waals surface area (Å²) >= 11 is 1.25. The zero-order chi connectivity index (χ0) is 26.2. The molecule has 1 amide bonds. The second kappa shape index (κ2) is 9.77. The van der Waals surface area contributed by atoms with Gasteiger partial charge >= 0.3 is 0 Å². The summed E-state index contributed by atoms with van der Waals surface area (Å²) in [5.41, 5.74) is 9.43. The van der Waals surface area contributed by atoms with E-state index in [1.54, 1.807) is 17.5 Å². The minimum atomic E-state index is -3.83. The molecule has 0 bridgehead atoms. The van der Waals surface area contributed by atoms with Crippen molar-refractivity contribution in [3.63, 3.8) is 0 Å². The number of aromatic amines is 1. The van der Waals surface area contributed by atoms with E-state index < -0.39 is 21.4 Å². The Hall–Kier alpha value is -4.06. The van der Waals surface area contributed by atoms with Gasteiger partial charge in [0.25, 0.3) is 11.5 Å². The molecule has 1 aromatic heterocycles. The third-order valence-corrected chi connectivity index (χ3v) is 7.88. The Kier molecular flexibility index (Phi) is 6.50. The average molecular weight is 534 g/mol. The molecule has 11 heteroatoms. The van der Waals surface area contributed by atoms with Crippen LogP contribution in [0.2, 0.25) is 0 Å². The number of H-pyrrole nitrogens is 1. The lowest BCUT2D eigenvalue weighted by molar-refractivity contribution is -0.114. The van der Waals surface area contributed by atoms with Crippen LogP contribution in [0.5, 0.6) is 0 Å². The van der Waals surface area contributed by atoms with Gasteiger partial charge in [0.2, 0.25) is 10.0 Å². The Morgan fingerprint density at radius 2 is 1.62 bits per heavy atom. The van der Waals surface area contributed by atoms with Gasteiger partial charge in [-0.15, -0.1) is 0 Å². The molecule has 3 aromatic carbocycles. The van der Waals surface area contributed by atoms with Gasteiger partial charge in [-0.2, -0.15) is 0 Å². The van der Waals surface area contributed by atoms with Gasteiger partial charge in [-0.3, -0.25) is 14.7 Å². The van der Waals surface area contributed by atoms with Crippen LogP contribution in [0, 0.1) is 0 Å². The Morgan fingerprint density at radius 1 is 0.946 bits per heavy atom. The first-order valence-electron chi connectivity index (χ1n) is 11.2. The standard InChI is InChI=1S/C26H23N5O4S2/c27-24(32)22-15-36-26(29-22)31-25(33)21(13-16-9-11-20(12-10-16)37(28,34)35)23(30-31)19-8-4-7-18(14-19)17-5-2-1-3-6-17/h1-12,14-15,26,29-30H,13H2,(H2,27,32)(H2,28,34,35). The summed E-state index contributed by atoms with van der Waals surface area (Å²) in [6.07, 6.45) is 0.242. The number of carbonyl (C=O) groups excluding carboxylic acids is 1. The van der Waals surface area contributed by atoms with Gasteiger partial charge in [-0.05, 0) is 34.9 Å². The summed E-state index contributed by atoms with van der Waals surface area (Å²) in [6.45, 7) is 0. The number of thioether (sulfide) groups is 1. The highest BCUT2D eigenvalue weighted by atomic mass is 32.2. The van der Waals surface area contributed by atoms with Crippen molar-refractivity contribution in [2.75, 3.05) is 0 Å². The first-order chi connectivity index (χ1) is 17.7. The fourth-order valence-electron chi connectivity index (χ4n) is 4.13. The molecule has 1 aliphatic heterocycles. The van der Waals surface area contributed by atoms with E-state index in [-0.39, 0.29) is 22.6 Å². The number of amides is 1. The number of carbonyl (C=O) groups is 1. The van der Waals surface area contributed by atoms with E-state index in [9.17, 15) is 18.0 Å². The van der Waals surface area contributed by atoms with Crippen LogP contribution in [-0.4, -0.2) is 24.1 Å². The number of aromatic nitrogens is 2. The van der Waals surface area contributed by atoms with Gasteiger partial charge in [-0.1, -0.05) is 72.4 Å². The molecule has 0 radical (unpaired) electrons. The largest absolute Gasteiger partial charge is 0.364 e. The van der Waals surface area contributed by atoms with Crippen LogP contribution in [0.4, 0.5) is 0 Å². The molecule has 4 aromatic rings. The SMILES string of the molecule is NC(=O)C1=CSC(n2[nH]c(-c3cccc(-c4ccccc4)c3)c(Cc3ccc(S(N)(=O)=O)cc3)c2=O)N1. The van der Waals surface area contributed by atoms with Gasteiger partial charge in [0.15, 0.2) is 5.50 Å². The number of sulfonamides is 1. The molecular weight excluding hydrogens is 510 g/mol. The van der Waals surface area contributed by atoms with Crippen molar-refractivity contribution in [3.05, 3.63) is 111 Å². The second-order valence-corrected chi connectivity index (χ2v) is 11.0. The molecule has 0 spiro atoms. The normalized spacial score (nSPS) is 15.3. The van der Waals surface area contributed by atoms with Gasteiger partial charge < -0.3 is 11.1 Å². The highest BCUT2D eigenvalue weighted by Gasteiger charge is 2.26. The van der Waals surface area contributed by atoms with Crippen LogP contribution in [0.3, 0.4) is 0 Å². The second-order valence-electron chi connectivity index (χ2n) is 8.48. The Balaban J connectivity index is 1.58. The van der Waals surface area contributed by atoms with Crippen LogP contribution < -0.4 is 21.7 Å². The van der Waals surface area contributed by atoms with E-state index in [0.29, 0.717) is 11.3 Å². The molecule has 0 aliphatic carbocycles. The molecule has 9 nitrogen and oxygen atoms in total. The minimum absolute atomic E-state index is 0.00451. The predicted octanol–water partition coefficient (Wildman–Crippen LogP) is 2.87. The summed E-state index contributed by atoms with van der Waals surface area (Å²) in [5.74, 6) is -0.611. The smallest absolute Gasteiger partial charge is 0.273 e. The van der Waals surface area contributed by atoms with Crippen molar-refractivity contribution in [1.82, 2.24) is 15.1 Å². The molecule has 2 heterocycles. The highest BCUT2D eigenvalue weighted by Crippen LogP contribution is 2.32. The summed E-state index contributed by atoms with van der Waals surface area (Å²) in [6, 6.07) is 23.8. The van der Waals surface area contributed by atoms with Crippen molar-refractivity contribution < 1.29 is 13.2 Å². The molecule has 6 N–H and O–H groups in total. The lowest BCUT2D eigenvalue weighted by atomic mass is 9.98. The van der Waals surface area contributed by atoms with Crippen molar-refractivity contribution >= 4 is 27.7 Å². The summed E-state index contributed by atoms with van der Waals surface area (Å²) in [4.78, 5) is 25.2. The van der Waals surface area contributed by atoms with E-state index in [2.05, 4.69) is 10.4 Å². The number of primary sulfonamides is 1. The number of hydrogen-bond donors (Lipinski definition) is 4. The Morgan fingerprint density at radius 3 is 2.27 bits per heavy atom. The predicted molar refractivity (Wildman–Crippen MR) is 144 cm³/mol. The van der Waals surface area contributed by atoms with Gasteiger partial charge in [0.1, 0.15) is 5.70 Å². The number of benzene rings is 3. The molecule has 1 unspecified atom stereocenters. The molecule has 37 heavy (non-hydrogen) atoms. The zero-order valence-electron chi connectivity index (χ0n) is 19.4. The third-order valence-electron chi connectivity index (χ3n) is 6.00. The molecule has 1 aliphatic rings. The van der Waals surface area contributed by atoms with Crippen LogP contribution in [0.25, 0.3) is 22.4 Å². The van der Waals surface area contributed by atoms with Crippen molar-refractivity contribution in [2.45, 2.75) is 16.8 Å². The van der Waals surface area contributed by atoms with E-state index in [4.69, 9.17) is 10.9 Å². The summed E-state index contributed by atoms with van der Waals surface area (Å²) in [7, 11) is -3.83. The summed E-state index contributed by atoms with van der Waals surface area (Å²) in [5, 5.41) is 13.0. The molecule has 0 saturated heterocycles. The van der Waals surface area contributed by atoms with Crippen LogP contribution in [0.1, 0.15) is 16.6 Å². The van der Waals surface area contributed by atoms with Crippen LogP contribution >= 0.6 is 11.8 Å². The molecule has 1 atom stereocenters. The molecule has 0 fully saturated rings. The van der Waals surface area contributed by atoms with Crippen LogP contribution in [-0.2, 0) is 21.2 Å². The Bertz CT molecular complexity index is 1670. The highest BCUT2D eigenvalue weighted by molar-refractivity contribution is 8.02. The average Bonchev–Trinajstić information content (AvgIpc) is 3.50. The van der Waals surface area contributed by atoms with Crippen molar-refractivity contribution in [3.8, 4) is 22.4 Å². The number of hydrogen-bond acceptors (Lipinski definition) is 6. The molecule has 5 rings (SSSR count). The number of nitrogens with two attached hydrogens (primary N) is 2. The number of rotatable bonds is 7. The topological polar surface area (TPSA) is 153 Å². The lowest BCUT2D eigenvalue weighted by Crippen LogP contribution is -2.32. The fraction of sp³-hybridized carbons (Fsp3) is 0.0769. The minimum Gasteiger partial charge on any atom is -0.364 e. The van der Waals surface area contributed by atoms with E-state index >= 15 is 0 Å². The van der Waals surface area contributed by atoms with E-state index in [0.717, 1.165) is 22.3 Å². The molecule has 188 valence electrons.